The minimum atomic E-state index is -0.0320. The number of carbonyl (C=O) groups is 1. The first-order valence-corrected chi connectivity index (χ1v) is 6.32. The van der Waals surface area contributed by atoms with Gasteiger partial charge in [0, 0.05) is 19.3 Å². The molecule has 0 aliphatic carbocycles. The van der Waals surface area contributed by atoms with Gasteiger partial charge in [0.1, 0.15) is 5.69 Å². The highest BCUT2D eigenvalue weighted by Crippen LogP contribution is 2.11. The van der Waals surface area contributed by atoms with Crippen LogP contribution in [0.15, 0.2) is 12.3 Å². The standard InChI is InChI=1S/C13H23N3O/c1-4-6-16-9-11(14)7-12(16)13(17)15-8-10(3)5-2/h7,9-10H,4-6,8,14H2,1-3H3,(H,15,17). The first-order chi connectivity index (χ1) is 8.08. The highest BCUT2D eigenvalue weighted by molar-refractivity contribution is 5.93. The Balaban J connectivity index is 2.67. The summed E-state index contributed by atoms with van der Waals surface area (Å²) in [6.07, 6.45) is 3.87. The van der Waals surface area contributed by atoms with Crippen LogP contribution in [0.4, 0.5) is 5.69 Å². The van der Waals surface area contributed by atoms with Crippen LogP contribution in [0, 0.1) is 5.92 Å². The van der Waals surface area contributed by atoms with Crippen molar-refractivity contribution in [3.63, 3.8) is 0 Å². The van der Waals surface area contributed by atoms with E-state index in [1.165, 1.54) is 0 Å². The Labute approximate surface area is 103 Å². The number of hydrogen-bond donors (Lipinski definition) is 2. The van der Waals surface area contributed by atoms with E-state index in [2.05, 4.69) is 26.1 Å². The van der Waals surface area contributed by atoms with Gasteiger partial charge in [0.25, 0.3) is 5.91 Å². The number of aryl methyl sites for hydroxylation is 1. The molecule has 3 N–H and O–H groups in total. The average Bonchev–Trinajstić information content (AvgIpc) is 2.67. The molecule has 0 aliphatic heterocycles. The molecule has 1 heterocycles. The minimum absolute atomic E-state index is 0.0320. The summed E-state index contributed by atoms with van der Waals surface area (Å²) in [5.41, 5.74) is 7.03. The highest BCUT2D eigenvalue weighted by Gasteiger charge is 2.12. The van der Waals surface area contributed by atoms with Crippen molar-refractivity contribution >= 4 is 11.6 Å². The number of nitrogens with zero attached hydrogens (tertiary/aromatic N) is 1. The third-order valence-electron chi connectivity index (χ3n) is 2.92. The molecule has 0 spiro atoms. The van der Waals surface area contributed by atoms with Gasteiger partial charge in [-0.05, 0) is 18.4 Å². The molecule has 1 unspecified atom stereocenters. The molecule has 17 heavy (non-hydrogen) atoms. The maximum absolute atomic E-state index is 12.0. The van der Waals surface area contributed by atoms with Gasteiger partial charge < -0.3 is 15.6 Å². The maximum Gasteiger partial charge on any atom is 0.267 e. The molecule has 0 saturated heterocycles. The minimum Gasteiger partial charge on any atom is -0.397 e. The summed E-state index contributed by atoms with van der Waals surface area (Å²) in [4.78, 5) is 12.0. The molecule has 0 aliphatic rings. The zero-order valence-corrected chi connectivity index (χ0v) is 11.0. The summed E-state index contributed by atoms with van der Waals surface area (Å²) in [7, 11) is 0. The van der Waals surface area contributed by atoms with Crippen LogP contribution in [0.3, 0.4) is 0 Å². The van der Waals surface area contributed by atoms with Crippen molar-refractivity contribution in [3.05, 3.63) is 18.0 Å². The normalized spacial score (nSPS) is 12.4. The molecule has 4 nitrogen and oxygen atoms in total. The predicted octanol–water partition coefficient (Wildman–Crippen LogP) is 2.26. The largest absolute Gasteiger partial charge is 0.397 e. The second-order valence-electron chi connectivity index (χ2n) is 4.58. The van der Waals surface area contributed by atoms with Gasteiger partial charge in [0.05, 0.1) is 5.69 Å². The number of nitrogens with two attached hydrogens (primary N) is 1. The number of amides is 1. The lowest BCUT2D eigenvalue weighted by Gasteiger charge is -2.11. The topological polar surface area (TPSA) is 60.0 Å². The van der Waals surface area contributed by atoms with Crippen LogP contribution in [0.2, 0.25) is 0 Å². The third-order valence-corrected chi connectivity index (χ3v) is 2.92. The fourth-order valence-electron chi connectivity index (χ4n) is 1.65. The van der Waals surface area contributed by atoms with Gasteiger partial charge in [-0.1, -0.05) is 27.2 Å². The molecule has 0 fully saturated rings. The second kappa shape index (κ2) is 6.33. The van der Waals surface area contributed by atoms with Gasteiger partial charge in [-0.2, -0.15) is 0 Å². The van der Waals surface area contributed by atoms with Crippen molar-refractivity contribution in [2.75, 3.05) is 12.3 Å². The number of anilines is 1. The first-order valence-electron chi connectivity index (χ1n) is 6.32. The van der Waals surface area contributed by atoms with Crippen LogP contribution in [-0.4, -0.2) is 17.0 Å². The fraction of sp³-hybridized carbons (Fsp3) is 0.615. The van der Waals surface area contributed by atoms with Gasteiger partial charge in [0.15, 0.2) is 0 Å². The molecule has 1 aromatic heterocycles. The summed E-state index contributed by atoms with van der Waals surface area (Å²) in [6, 6.07) is 1.74. The Morgan fingerprint density at radius 2 is 2.24 bits per heavy atom. The van der Waals surface area contributed by atoms with Crippen molar-refractivity contribution < 1.29 is 4.79 Å². The second-order valence-corrected chi connectivity index (χ2v) is 4.58. The van der Waals surface area contributed by atoms with Gasteiger partial charge in [-0.3, -0.25) is 4.79 Å². The highest BCUT2D eigenvalue weighted by atomic mass is 16.1. The molecular formula is C13H23N3O. The van der Waals surface area contributed by atoms with E-state index < -0.39 is 0 Å². The average molecular weight is 237 g/mol. The lowest BCUT2D eigenvalue weighted by molar-refractivity contribution is 0.0938. The Hall–Kier alpha value is -1.45. The Kier molecular flexibility index (Phi) is 5.07. The van der Waals surface area contributed by atoms with Crippen molar-refractivity contribution in [3.8, 4) is 0 Å². The molecule has 0 bridgehead atoms. The molecule has 96 valence electrons. The number of rotatable bonds is 6. The number of nitrogens with one attached hydrogen (secondary N) is 1. The van der Waals surface area contributed by atoms with Crippen molar-refractivity contribution in [2.45, 2.75) is 40.2 Å². The van der Waals surface area contributed by atoms with E-state index in [-0.39, 0.29) is 5.91 Å². The summed E-state index contributed by atoms with van der Waals surface area (Å²) in [5.74, 6) is 0.473. The van der Waals surface area contributed by atoms with Gasteiger partial charge in [0.2, 0.25) is 0 Å². The summed E-state index contributed by atoms with van der Waals surface area (Å²) in [6.45, 7) is 7.86. The molecule has 0 aromatic carbocycles. The fourth-order valence-corrected chi connectivity index (χ4v) is 1.65. The molecule has 0 saturated carbocycles. The predicted molar refractivity (Wildman–Crippen MR) is 70.9 cm³/mol. The molecule has 1 rings (SSSR count). The zero-order chi connectivity index (χ0) is 12.8. The molecule has 1 aromatic rings. The van der Waals surface area contributed by atoms with E-state index in [0.29, 0.717) is 23.8 Å². The summed E-state index contributed by atoms with van der Waals surface area (Å²) < 4.78 is 1.92. The monoisotopic (exact) mass is 237 g/mol. The summed E-state index contributed by atoms with van der Waals surface area (Å²) in [5, 5.41) is 2.95. The van der Waals surface area contributed by atoms with Crippen molar-refractivity contribution in [2.24, 2.45) is 5.92 Å². The van der Waals surface area contributed by atoms with E-state index in [9.17, 15) is 4.79 Å². The van der Waals surface area contributed by atoms with Crippen LogP contribution in [0.25, 0.3) is 0 Å². The number of aromatic nitrogens is 1. The lowest BCUT2D eigenvalue weighted by atomic mass is 10.1. The van der Waals surface area contributed by atoms with Crippen LogP contribution < -0.4 is 11.1 Å². The Bertz CT molecular complexity index is 371. The SMILES string of the molecule is CCCn1cc(N)cc1C(=O)NCC(C)CC. The van der Waals surface area contributed by atoms with Crippen LogP contribution in [0.5, 0.6) is 0 Å². The lowest BCUT2D eigenvalue weighted by Crippen LogP contribution is -2.29. The Morgan fingerprint density at radius 1 is 1.53 bits per heavy atom. The van der Waals surface area contributed by atoms with Gasteiger partial charge in [-0.25, -0.2) is 0 Å². The smallest absolute Gasteiger partial charge is 0.267 e. The van der Waals surface area contributed by atoms with Crippen LogP contribution in [-0.2, 0) is 6.54 Å². The summed E-state index contributed by atoms with van der Waals surface area (Å²) >= 11 is 0. The third kappa shape index (κ3) is 3.80. The van der Waals surface area contributed by atoms with Crippen LogP contribution in [0.1, 0.15) is 44.1 Å². The first kappa shape index (κ1) is 13.6. The number of carbonyl (C=O) groups excluding carboxylic acids is 1. The van der Waals surface area contributed by atoms with Crippen LogP contribution >= 0.6 is 0 Å². The van der Waals surface area contributed by atoms with Crippen molar-refractivity contribution in [1.82, 2.24) is 9.88 Å². The maximum atomic E-state index is 12.0. The van der Waals surface area contributed by atoms with Crippen molar-refractivity contribution in [1.29, 1.82) is 0 Å². The molecular weight excluding hydrogens is 214 g/mol. The zero-order valence-electron chi connectivity index (χ0n) is 11.0. The number of nitrogen functional groups attached to an aromatic ring is 1. The molecule has 1 amide bonds. The molecule has 4 heteroatoms. The van der Waals surface area contributed by atoms with E-state index in [1.54, 1.807) is 6.07 Å². The van der Waals surface area contributed by atoms with E-state index >= 15 is 0 Å². The van der Waals surface area contributed by atoms with E-state index in [1.807, 2.05) is 10.8 Å². The van der Waals surface area contributed by atoms with E-state index in [4.69, 9.17) is 5.73 Å². The van der Waals surface area contributed by atoms with Gasteiger partial charge in [-0.15, -0.1) is 0 Å². The Morgan fingerprint density at radius 3 is 2.82 bits per heavy atom. The molecule has 0 radical (unpaired) electrons. The van der Waals surface area contributed by atoms with E-state index in [0.717, 1.165) is 19.4 Å². The molecule has 1 atom stereocenters. The van der Waals surface area contributed by atoms with Gasteiger partial charge >= 0.3 is 0 Å². The quantitative estimate of drug-likeness (QED) is 0.797. The number of hydrogen-bond acceptors (Lipinski definition) is 2.